The van der Waals surface area contributed by atoms with Crippen LogP contribution in [-0.4, -0.2) is 28.3 Å². The van der Waals surface area contributed by atoms with Crippen LogP contribution in [0.3, 0.4) is 0 Å². The predicted molar refractivity (Wildman–Crippen MR) is 114 cm³/mol. The number of alkyl halides is 2. The van der Waals surface area contributed by atoms with Crippen molar-refractivity contribution < 1.29 is 33.0 Å². The first-order valence-electron chi connectivity index (χ1n) is 10.2. The lowest BCUT2D eigenvalue weighted by atomic mass is 9.93. The third-order valence-electron chi connectivity index (χ3n) is 5.85. The van der Waals surface area contributed by atoms with Gasteiger partial charge >= 0.3 is 12.3 Å². The third kappa shape index (κ3) is 3.65. The van der Waals surface area contributed by atoms with Crippen molar-refractivity contribution in [1.29, 1.82) is 0 Å². The van der Waals surface area contributed by atoms with Crippen LogP contribution in [0.15, 0.2) is 54.6 Å². The SMILES string of the molecule is Cc1ccc(NC(=O)C2(c3cccc4c3OC(F)(F)O4)CC2)nc1-c1cccc(C(=O)O)c1. The van der Waals surface area contributed by atoms with Crippen LogP contribution in [0.4, 0.5) is 14.6 Å². The Morgan fingerprint density at radius 2 is 1.82 bits per heavy atom. The summed E-state index contributed by atoms with van der Waals surface area (Å²) in [7, 11) is 0. The summed E-state index contributed by atoms with van der Waals surface area (Å²) in [5.74, 6) is -1.41. The molecule has 168 valence electrons. The second-order valence-corrected chi connectivity index (χ2v) is 8.08. The highest BCUT2D eigenvalue weighted by Crippen LogP contribution is 2.56. The standard InChI is InChI=1S/C24H18F2N2O5/c1-13-8-9-18(27-19(13)14-4-2-5-15(12-14)21(29)30)28-22(31)23(10-11-23)16-6-3-7-17-20(16)33-24(25,26)32-17/h2-9,12H,10-11H2,1H3,(H,29,30)(H,27,28,31). The Bertz CT molecular complexity index is 1300. The number of benzene rings is 2. The number of halogens is 2. The average molecular weight is 452 g/mol. The van der Waals surface area contributed by atoms with Crippen molar-refractivity contribution in [3.8, 4) is 22.8 Å². The van der Waals surface area contributed by atoms with Crippen LogP contribution in [0.25, 0.3) is 11.3 Å². The fourth-order valence-corrected chi connectivity index (χ4v) is 4.02. The average Bonchev–Trinajstić information content (AvgIpc) is 3.51. The zero-order valence-electron chi connectivity index (χ0n) is 17.4. The molecule has 1 aromatic heterocycles. The molecule has 2 N–H and O–H groups in total. The van der Waals surface area contributed by atoms with E-state index < -0.39 is 23.6 Å². The van der Waals surface area contributed by atoms with Crippen LogP contribution in [0.5, 0.6) is 11.5 Å². The van der Waals surface area contributed by atoms with Crippen molar-refractivity contribution in [2.75, 3.05) is 5.32 Å². The van der Waals surface area contributed by atoms with Gasteiger partial charge in [-0.1, -0.05) is 30.3 Å². The zero-order valence-corrected chi connectivity index (χ0v) is 17.4. The minimum atomic E-state index is -3.77. The number of hydrogen-bond acceptors (Lipinski definition) is 5. The summed E-state index contributed by atoms with van der Waals surface area (Å²) in [4.78, 5) is 29.0. The van der Waals surface area contributed by atoms with Gasteiger partial charge < -0.3 is 19.9 Å². The van der Waals surface area contributed by atoms with Crippen molar-refractivity contribution in [2.24, 2.45) is 0 Å². The Morgan fingerprint density at radius 1 is 1.06 bits per heavy atom. The molecule has 2 aromatic carbocycles. The Labute approximate surface area is 187 Å². The van der Waals surface area contributed by atoms with Gasteiger partial charge in [0.1, 0.15) is 5.82 Å². The number of hydrogen-bond donors (Lipinski definition) is 2. The van der Waals surface area contributed by atoms with Crippen LogP contribution in [-0.2, 0) is 10.2 Å². The number of rotatable bonds is 5. The molecule has 9 heteroatoms. The fourth-order valence-electron chi connectivity index (χ4n) is 4.02. The van der Waals surface area contributed by atoms with Gasteiger partial charge in [-0.3, -0.25) is 4.79 Å². The maximum absolute atomic E-state index is 13.6. The van der Waals surface area contributed by atoms with E-state index in [0.717, 1.165) is 5.56 Å². The van der Waals surface area contributed by atoms with Crippen molar-refractivity contribution >= 4 is 17.7 Å². The van der Waals surface area contributed by atoms with E-state index in [1.54, 1.807) is 36.4 Å². The molecule has 0 saturated heterocycles. The number of amides is 1. The highest BCUT2D eigenvalue weighted by molar-refractivity contribution is 6.01. The lowest BCUT2D eigenvalue weighted by Gasteiger charge is -2.18. The number of aromatic nitrogens is 1. The van der Waals surface area contributed by atoms with Gasteiger partial charge in [0.2, 0.25) is 5.91 Å². The van der Waals surface area contributed by atoms with Gasteiger partial charge in [0.15, 0.2) is 11.5 Å². The Balaban J connectivity index is 1.44. The van der Waals surface area contributed by atoms with Gasteiger partial charge in [-0.05, 0) is 49.6 Å². The van der Waals surface area contributed by atoms with E-state index >= 15 is 0 Å². The van der Waals surface area contributed by atoms with Crippen molar-refractivity contribution in [2.45, 2.75) is 31.5 Å². The van der Waals surface area contributed by atoms with E-state index in [2.05, 4.69) is 19.8 Å². The van der Waals surface area contributed by atoms with Gasteiger partial charge in [-0.25, -0.2) is 9.78 Å². The molecule has 2 aliphatic rings. The van der Waals surface area contributed by atoms with E-state index in [0.29, 0.717) is 29.7 Å². The first kappa shape index (κ1) is 20.9. The second-order valence-electron chi connectivity index (χ2n) is 8.08. The van der Waals surface area contributed by atoms with E-state index in [1.165, 1.54) is 18.2 Å². The highest BCUT2D eigenvalue weighted by Gasteiger charge is 2.56. The minimum absolute atomic E-state index is 0.106. The van der Waals surface area contributed by atoms with Gasteiger partial charge in [0.05, 0.1) is 16.7 Å². The fraction of sp³-hybridized carbons (Fsp3) is 0.208. The van der Waals surface area contributed by atoms with Crippen LogP contribution in [0.1, 0.15) is 34.3 Å². The number of anilines is 1. The summed E-state index contributed by atoms with van der Waals surface area (Å²) in [6.07, 6.45) is -2.85. The monoisotopic (exact) mass is 452 g/mol. The highest BCUT2D eigenvalue weighted by atomic mass is 19.3. The van der Waals surface area contributed by atoms with Crippen LogP contribution >= 0.6 is 0 Å². The number of aryl methyl sites for hydroxylation is 1. The lowest BCUT2D eigenvalue weighted by molar-refractivity contribution is -0.287. The number of fused-ring (bicyclic) bond motifs is 1. The molecule has 1 aliphatic carbocycles. The van der Waals surface area contributed by atoms with E-state index in [1.807, 2.05) is 6.92 Å². The van der Waals surface area contributed by atoms with Crippen molar-refractivity contribution in [3.05, 3.63) is 71.3 Å². The molecule has 1 aliphatic heterocycles. The molecule has 0 unspecified atom stereocenters. The van der Waals surface area contributed by atoms with Crippen LogP contribution < -0.4 is 14.8 Å². The molecular weight excluding hydrogens is 434 g/mol. The summed E-state index contributed by atoms with van der Waals surface area (Å²) in [6.45, 7) is 1.83. The summed E-state index contributed by atoms with van der Waals surface area (Å²) in [6, 6.07) is 14.3. The normalized spacial score (nSPS) is 16.8. The number of nitrogens with one attached hydrogen (secondary N) is 1. The maximum Gasteiger partial charge on any atom is 0.586 e. The van der Waals surface area contributed by atoms with Crippen molar-refractivity contribution in [3.63, 3.8) is 0 Å². The molecule has 2 heterocycles. The quantitative estimate of drug-likeness (QED) is 0.580. The van der Waals surface area contributed by atoms with E-state index in [-0.39, 0.29) is 22.9 Å². The molecular formula is C24H18F2N2O5. The lowest BCUT2D eigenvalue weighted by Crippen LogP contribution is -2.29. The first-order valence-corrected chi connectivity index (χ1v) is 10.2. The summed E-state index contributed by atoms with van der Waals surface area (Å²) < 4.78 is 36.4. The van der Waals surface area contributed by atoms with E-state index in [9.17, 15) is 23.5 Å². The number of pyridine rings is 1. The molecule has 0 spiro atoms. The molecule has 5 rings (SSSR count). The summed E-state index contributed by atoms with van der Waals surface area (Å²) >= 11 is 0. The molecule has 3 aromatic rings. The molecule has 7 nitrogen and oxygen atoms in total. The number of aromatic carboxylic acids is 1. The smallest absolute Gasteiger partial charge is 0.478 e. The van der Waals surface area contributed by atoms with Gasteiger partial charge in [0, 0.05) is 11.1 Å². The number of carbonyl (C=O) groups excluding carboxylic acids is 1. The number of para-hydroxylation sites is 1. The molecule has 1 saturated carbocycles. The van der Waals surface area contributed by atoms with E-state index in [4.69, 9.17) is 0 Å². The molecule has 1 amide bonds. The molecule has 1 fully saturated rings. The number of carboxylic acids is 1. The third-order valence-corrected chi connectivity index (χ3v) is 5.85. The van der Waals surface area contributed by atoms with Crippen LogP contribution in [0, 0.1) is 6.92 Å². The zero-order chi connectivity index (χ0) is 23.4. The Morgan fingerprint density at radius 3 is 2.55 bits per heavy atom. The number of nitrogens with zero attached hydrogens (tertiary/aromatic N) is 1. The molecule has 0 radical (unpaired) electrons. The molecule has 33 heavy (non-hydrogen) atoms. The largest absolute Gasteiger partial charge is 0.586 e. The number of carboxylic acid groups (broad SMARTS) is 1. The number of carbonyl (C=O) groups is 2. The Hall–Kier alpha value is -4.01. The molecule has 0 atom stereocenters. The van der Waals surface area contributed by atoms with Gasteiger partial charge in [-0.2, -0.15) is 0 Å². The van der Waals surface area contributed by atoms with Gasteiger partial charge in [-0.15, -0.1) is 8.78 Å². The molecule has 0 bridgehead atoms. The maximum atomic E-state index is 13.6. The first-order chi connectivity index (χ1) is 15.7. The Kier molecular flexibility index (Phi) is 4.59. The topological polar surface area (TPSA) is 97.8 Å². The predicted octanol–water partition coefficient (Wildman–Crippen LogP) is 4.75. The minimum Gasteiger partial charge on any atom is -0.478 e. The van der Waals surface area contributed by atoms with Crippen molar-refractivity contribution in [1.82, 2.24) is 4.98 Å². The number of ether oxygens (including phenoxy) is 2. The summed E-state index contributed by atoms with van der Waals surface area (Å²) in [5, 5.41) is 12.0. The second kappa shape index (κ2) is 7.26. The van der Waals surface area contributed by atoms with Crippen LogP contribution in [0.2, 0.25) is 0 Å². The summed E-state index contributed by atoms with van der Waals surface area (Å²) in [5.41, 5.74) is 1.36. The van der Waals surface area contributed by atoms with Gasteiger partial charge in [0.25, 0.3) is 0 Å².